The molecule has 0 fully saturated rings. The predicted octanol–water partition coefficient (Wildman–Crippen LogP) is 1.03. The third kappa shape index (κ3) is 2.62. The number of carbonyl (C=O) groups is 1. The van der Waals surface area contributed by atoms with Gasteiger partial charge in [-0.1, -0.05) is 36.5 Å². The molecule has 1 N–H and O–H groups in total. The molecule has 0 bridgehead atoms. The zero-order chi connectivity index (χ0) is 8.81. The highest BCUT2D eigenvalue weighted by Gasteiger charge is 2.04. The second kappa shape index (κ2) is 4.39. The van der Waals surface area contributed by atoms with Gasteiger partial charge in [0.2, 0.25) is 0 Å². The number of hydrogen-bond donors (Lipinski definition) is 1. The lowest BCUT2D eigenvalue weighted by atomic mass is 9.69. The van der Waals surface area contributed by atoms with Crippen LogP contribution in [-0.2, 0) is 4.79 Å². The van der Waals surface area contributed by atoms with Crippen molar-refractivity contribution in [3.05, 3.63) is 47.9 Å². The Kier molecular flexibility index (Phi) is 3.14. The first-order valence-corrected chi connectivity index (χ1v) is 3.73. The Labute approximate surface area is 71.8 Å². The predicted molar refractivity (Wildman–Crippen MR) is 50.3 cm³/mol. The lowest BCUT2D eigenvalue weighted by Gasteiger charge is -1.92. The van der Waals surface area contributed by atoms with E-state index in [0.29, 0.717) is 12.8 Å². The maximum atomic E-state index is 10.6. The lowest BCUT2D eigenvalue weighted by molar-refractivity contribution is -0.131. The van der Waals surface area contributed by atoms with E-state index >= 15 is 0 Å². The molecular formula is C9H9BO2. The number of carboxylic acids is 1. The summed E-state index contributed by atoms with van der Waals surface area (Å²) in [6.45, 7) is 0. The fourth-order valence-corrected chi connectivity index (χ4v) is 0.864. The summed E-state index contributed by atoms with van der Waals surface area (Å²) in [6, 6.07) is 0. The van der Waals surface area contributed by atoms with Crippen LogP contribution >= 0.6 is 0 Å². The van der Waals surface area contributed by atoms with Crippen LogP contribution in [0.2, 0.25) is 0 Å². The molecule has 0 amide bonds. The fraction of sp³-hybridized carbons (Fsp3) is 0. The van der Waals surface area contributed by atoms with Crippen LogP contribution in [0.1, 0.15) is 0 Å². The molecule has 1 heterocycles. The minimum Gasteiger partial charge on any atom is -0.478 e. The molecule has 0 saturated carbocycles. The van der Waals surface area contributed by atoms with Crippen molar-refractivity contribution in [3.63, 3.8) is 0 Å². The molecule has 60 valence electrons. The molecule has 2 nitrogen and oxygen atoms in total. The van der Waals surface area contributed by atoms with E-state index in [1.54, 1.807) is 18.2 Å². The minimum atomic E-state index is -0.855. The topological polar surface area (TPSA) is 37.3 Å². The van der Waals surface area contributed by atoms with E-state index in [0.717, 1.165) is 0 Å². The van der Waals surface area contributed by atoms with Crippen LogP contribution < -0.4 is 0 Å². The molecule has 0 unspecified atom stereocenters. The van der Waals surface area contributed by atoms with Crippen LogP contribution in [0.25, 0.3) is 0 Å². The zero-order valence-corrected chi connectivity index (χ0v) is 6.60. The maximum absolute atomic E-state index is 10.6. The van der Waals surface area contributed by atoms with E-state index in [-0.39, 0.29) is 0 Å². The molecule has 1 rings (SSSR count). The van der Waals surface area contributed by atoms with Gasteiger partial charge in [-0.2, -0.15) is 0 Å². The zero-order valence-electron chi connectivity index (χ0n) is 6.60. The van der Waals surface area contributed by atoms with E-state index in [1.165, 1.54) is 0 Å². The Morgan fingerprint density at radius 3 is 2.58 bits per heavy atom. The third-order valence-electron chi connectivity index (χ3n) is 1.49. The molecule has 0 spiro atoms. The molecule has 0 radical (unpaired) electrons. The standard InChI is InChI=1S/C9H9BO2/c11-9(12)8-6-4-2-1-3-5-7-10-8/h1-7,10H,(H,11,12). The van der Waals surface area contributed by atoms with Crippen molar-refractivity contribution in [1.29, 1.82) is 0 Å². The van der Waals surface area contributed by atoms with Gasteiger partial charge in [-0.15, -0.1) is 5.98 Å². The highest BCUT2D eigenvalue weighted by Crippen LogP contribution is 1.96. The average molecular weight is 160 g/mol. The second-order valence-corrected chi connectivity index (χ2v) is 2.40. The van der Waals surface area contributed by atoms with E-state index in [4.69, 9.17) is 5.11 Å². The van der Waals surface area contributed by atoms with Crippen LogP contribution in [-0.4, -0.2) is 18.4 Å². The second-order valence-electron chi connectivity index (χ2n) is 2.40. The smallest absolute Gasteiger partial charge is 0.322 e. The van der Waals surface area contributed by atoms with Crippen molar-refractivity contribution in [3.8, 4) is 0 Å². The molecule has 0 aliphatic carbocycles. The monoisotopic (exact) mass is 160 g/mol. The molecule has 1 aliphatic heterocycles. The van der Waals surface area contributed by atoms with Crippen molar-refractivity contribution in [1.82, 2.24) is 0 Å². The largest absolute Gasteiger partial charge is 0.478 e. The van der Waals surface area contributed by atoms with E-state index in [9.17, 15) is 4.79 Å². The van der Waals surface area contributed by atoms with Crippen LogP contribution in [0, 0.1) is 0 Å². The van der Waals surface area contributed by atoms with E-state index in [2.05, 4.69) is 0 Å². The summed E-state index contributed by atoms with van der Waals surface area (Å²) < 4.78 is 0. The van der Waals surface area contributed by atoms with E-state index < -0.39 is 5.97 Å². The quantitative estimate of drug-likeness (QED) is 0.581. The average Bonchev–Trinajstić information content (AvgIpc) is 2.15. The van der Waals surface area contributed by atoms with Crippen LogP contribution in [0.4, 0.5) is 0 Å². The van der Waals surface area contributed by atoms with Crippen LogP contribution in [0.3, 0.4) is 0 Å². The Morgan fingerprint density at radius 2 is 1.83 bits per heavy atom. The molecular weight excluding hydrogens is 151 g/mol. The van der Waals surface area contributed by atoms with Gasteiger partial charge in [-0.05, 0) is 0 Å². The number of rotatable bonds is 1. The summed E-state index contributed by atoms with van der Waals surface area (Å²) >= 11 is 0. The van der Waals surface area contributed by atoms with Crippen LogP contribution in [0.5, 0.6) is 0 Å². The summed E-state index contributed by atoms with van der Waals surface area (Å²) in [5.74, 6) is 0.968. The van der Waals surface area contributed by atoms with E-state index in [1.807, 2.05) is 24.2 Å². The molecule has 0 aromatic rings. The third-order valence-corrected chi connectivity index (χ3v) is 1.49. The molecule has 12 heavy (non-hydrogen) atoms. The van der Waals surface area contributed by atoms with Crippen molar-refractivity contribution in [2.75, 3.05) is 0 Å². The van der Waals surface area contributed by atoms with Crippen molar-refractivity contribution >= 4 is 13.2 Å². The minimum absolute atomic E-state index is 0.409. The Balaban J connectivity index is 2.81. The van der Waals surface area contributed by atoms with Gasteiger partial charge >= 0.3 is 5.97 Å². The normalized spacial score (nSPS) is 15.5. The maximum Gasteiger partial charge on any atom is 0.322 e. The Hall–Kier alpha value is -1.51. The molecule has 1 aliphatic rings. The summed E-state index contributed by atoms with van der Waals surface area (Å²) in [4.78, 5) is 10.6. The van der Waals surface area contributed by atoms with Gasteiger partial charge in [0.05, 0.1) is 0 Å². The summed E-state index contributed by atoms with van der Waals surface area (Å²) in [5.41, 5.74) is 0.409. The fourth-order valence-electron chi connectivity index (χ4n) is 0.864. The lowest BCUT2D eigenvalue weighted by Crippen LogP contribution is -2.06. The summed E-state index contributed by atoms with van der Waals surface area (Å²) in [5, 5.41) is 8.69. The van der Waals surface area contributed by atoms with Gasteiger partial charge in [0.25, 0.3) is 0 Å². The van der Waals surface area contributed by atoms with Crippen molar-refractivity contribution < 1.29 is 9.90 Å². The van der Waals surface area contributed by atoms with Gasteiger partial charge in [0, 0.05) is 5.47 Å². The van der Waals surface area contributed by atoms with Crippen molar-refractivity contribution in [2.24, 2.45) is 0 Å². The van der Waals surface area contributed by atoms with Gasteiger partial charge in [0.1, 0.15) is 0 Å². The molecule has 0 aromatic heterocycles. The van der Waals surface area contributed by atoms with Gasteiger partial charge in [-0.3, -0.25) is 0 Å². The Morgan fingerprint density at radius 1 is 1.17 bits per heavy atom. The van der Waals surface area contributed by atoms with Gasteiger partial charge in [-0.25, -0.2) is 4.79 Å². The molecule has 0 atom stereocenters. The highest BCUT2D eigenvalue weighted by molar-refractivity contribution is 6.58. The number of aliphatic carboxylic acids is 1. The first kappa shape index (κ1) is 8.59. The van der Waals surface area contributed by atoms with Gasteiger partial charge < -0.3 is 5.11 Å². The summed E-state index contributed by atoms with van der Waals surface area (Å²) in [7, 11) is 0.476. The number of hydrogen-bond acceptors (Lipinski definition) is 1. The first-order chi connectivity index (χ1) is 5.80. The molecule has 0 saturated heterocycles. The first-order valence-electron chi connectivity index (χ1n) is 3.73. The number of carboxylic acid groups (broad SMARTS) is 1. The highest BCUT2D eigenvalue weighted by atomic mass is 16.4. The SMILES string of the molecule is O=C(O)C1=CC=CC=CC=CB1. The Bertz CT molecular complexity index is 285. The molecule has 0 aromatic carbocycles. The number of allylic oxidation sites excluding steroid dienone is 6. The van der Waals surface area contributed by atoms with Crippen LogP contribution in [0.15, 0.2) is 47.9 Å². The van der Waals surface area contributed by atoms with Gasteiger partial charge in [0.15, 0.2) is 7.28 Å². The summed E-state index contributed by atoms with van der Waals surface area (Å²) in [6.07, 6.45) is 10.7. The van der Waals surface area contributed by atoms with Crippen molar-refractivity contribution in [2.45, 2.75) is 0 Å². The molecule has 3 heteroatoms.